The van der Waals surface area contributed by atoms with Crippen molar-refractivity contribution in [1.82, 2.24) is 15.4 Å². The Morgan fingerprint density at radius 2 is 2.12 bits per heavy atom. The van der Waals surface area contributed by atoms with Crippen LogP contribution in [0.4, 0.5) is 0 Å². The van der Waals surface area contributed by atoms with Gasteiger partial charge in [-0.1, -0.05) is 35.5 Å². The molecule has 3 N–H and O–H groups in total. The molecule has 16 heavy (non-hydrogen) atoms. The lowest BCUT2D eigenvalue weighted by Crippen LogP contribution is -2.13. The van der Waals surface area contributed by atoms with Crippen LogP contribution in [0.25, 0.3) is 0 Å². The number of benzene rings is 1. The SMILES string of the molecule is NC(=O)c1[nH]nnc1[CH]Cc1ccccc1. The standard InChI is InChI=1S/C11H11N4O/c12-11(16)10-9(13-15-14-10)7-6-8-4-2-1-3-5-8/h1-5,7H,6H2,(H2,12,16)(H,13,14,15). The van der Waals surface area contributed by atoms with Gasteiger partial charge in [0.2, 0.25) is 0 Å². The predicted octanol–water partition coefficient (Wildman–Crippen LogP) is 0.699. The van der Waals surface area contributed by atoms with Crippen molar-refractivity contribution in [3.8, 4) is 0 Å². The number of aromatic nitrogens is 3. The molecule has 0 aliphatic heterocycles. The number of nitrogens with two attached hydrogens (primary N) is 1. The predicted molar refractivity (Wildman–Crippen MR) is 58.4 cm³/mol. The summed E-state index contributed by atoms with van der Waals surface area (Å²) < 4.78 is 0. The van der Waals surface area contributed by atoms with E-state index in [1.165, 1.54) is 0 Å². The lowest BCUT2D eigenvalue weighted by atomic mass is 10.1. The van der Waals surface area contributed by atoms with E-state index in [-0.39, 0.29) is 5.69 Å². The molecule has 0 spiro atoms. The third-order valence-corrected chi connectivity index (χ3v) is 2.20. The summed E-state index contributed by atoms with van der Waals surface area (Å²) in [6.45, 7) is 0. The minimum atomic E-state index is -0.552. The van der Waals surface area contributed by atoms with E-state index in [2.05, 4.69) is 15.4 Å². The number of primary amides is 1. The Morgan fingerprint density at radius 3 is 2.81 bits per heavy atom. The number of H-pyrrole nitrogens is 1. The van der Waals surface area contributed by atoms with Crippen molar-refractivity contribution in [1.29, 1.82) is 0 Å². The van der Waals surface area contributed by atoms with Crippen LogP contribution in [0.1, 0.15) is 21.7 Å². The zero-order valence-electron chi connectivity index (χ0n) is 8.55. The molecule has 0 saturated heterocycles. The van der Waals surface area contributed by atoms with Gasteiger partial charge in [0.25, 0.3) is 5.91 Å². The van der Waals surface area contributed by atoms with E-state index in [0.29, 0.717) is 12.1 Å². The highest BCUT2D eigenvalue weighted by atomic mass is 16.1. The molecule has 0 fully saturated rings. The number of amides is 1. The quantitative estimate of drug-likeness (QED) is 0.787. The molecule has 2 rings (SSSR count). The fourth-order valence-corrected chi connectivity index (χ4v) is 1.39. The van der Waals surface area contributed by atoms with Gasteiger partial charge in [0.1, 0.15) is 5.69 Å². The van der Waals surface area contributed by atoms with E-state index in [1.54, 1.807) is 0 Å². The maximum atomic E-state index is 11.0. The molecule has 0 saturated carbocycles. The van der Waals surface area contributed by atoms with Crippen molar-refractivity contribution < 1.29 is 4.79 Å². The number of rotatable bonds is 4. The first-order valence-electron chi connectivity index (χ1n) is 4.85. The van der Waals surface area contributed by atoms with E-state index < -0.39 is 5.91 Å². The highest BCUT2D eigenvalue weighted by Gasteiger charge is 2.12. The van der Waals surface area contributed by atoms with Crippen molar-refractivity contribution in [2.24, 2.45) is 5.73 Å². The third-order valence-electron chi connectivity index (χ3n) is 2.20. The molecule has 1 radical (unpaired) electrons. The molecule has 1 heterocycles. The fraction of sp³-hybridized carbons (Fsp3) is 0.0909. The summed E-state index contributed by atoms with van der Waals surface area (Å²) in [6.07, 6.45) is 2.51. The van der Waals surface area contributed by atoms with Gasteiger partial charge in [0, 0.05) is 6.42 Å². The van der Waals surface area contributed by atoms with E-state index in [9.17, 15) is 4.79 Å². The zero-order chi connectivity index (χ0) is 11.4. The number of nitrogens with one attached hydrogen (secondary N) is 1. The maximum Gasteiger partial charge on any atom is 0.268 e. The number of nitrogens with zero attached hydrogens (tertiary/aromatic N) is 2. The summed E-state index contributed by atoms with van der Waals surface area (Å²) in [5, 5.41) is 9.81. The van der Waals surface area contributed by atoms with Gasteiger partial charge in [-0.05, 0) is 12.0 Å². The monoisotopic (exact) mass is 215 g/mol. The smallest absolute Gasteiger partial charge is 0.268 e. The molecule has 0 bridgehead atoms. The fourth-order valence-electron chi connectivity index (χ4n) is 1.39. The molecule has 0 aliphatic carbocycles. The van der Waals surface area contributed by atoms with Gasteiger partial charge in [0.15, 0.2) is 0 Å². The Hall–Kier alpha value is -2.17. The van der Waals surface area contributed by atoms with Gasteiger partial charge >= 0.3 is 0 Å². The van der Waals surface area contributed by atoms with E-state index >= 15 is 0 Å². The lowest BCUT2D eigenvalue weighted by molar-refractivity contribution is 0.0995. The summed E-state index contributed by atoms with van der Waals surface area (Å²) in [6, 6.07) is 9.87. The van der Waals surface area contributed by atoms with Crippen LogP contribution in [0.15, 0.2) is 30.3 Å². The van der Waals surface area contributed by atoms with Crippen molar-refractivity contribution in [3.05, 3.63) is 53.7 Å². The van der Waals surface area contributed by atoms with Crippen molar-refractivity contribution in [2.75, 3.05) is 0 Å². The molecule has 5 heteroatoms. The Labute approximate surface area is 92.7 Å². The topological polar surface area (TPSA) is 84.7 Å². The molecule has 0 unspecified atom stereocenters. The Morgan fingerprint density at radius 1 is 1.38 bits per heavy atom. The number of carbonyl (C=O) groups excluding carboxylic acids is 1. The normalized spacial score (nSPS) is 10.2. The third kappa shape index (κ3) is 2.25. The Bertz CT molecular complexity index is 478. The molecule has 81 valence electrons. The van der Waals surface area contributed by atoms with Crippen LogP contribution in [-0.4, -0.2) is 21.3 Å². The Balaban J connectivity index is 2.05. The second kappa shape index (κ2) is 4.57. The summed E-state index contributed by atoms with van der Waals surface area (Å²) in [5.74, 6) is -0.552. The average Bonchev–Trinajstić information content (AvgIpc) is 2.76. The van der Waals surface area contributed by atoms with Crippen molar-refractivity contribution >= 4 is 5.91 Å². The van der Waals surface area contributed by atoms with Crippen LogP contribution in [0, 0.1) is 6.42 Å². The van der Waals surface area contributed by atoms with Gasteiger partial charge in [-0.15, -0.1) is 5.10 Å². The molecular formula is C11H11N4O. The summed E-state index contributed by atoms with van der Waals surface area (Å²) in [7, 11) is 0. The number of hydrogen-bond donors (Lipinski definition) is 2. The summed E-state index contributed by atoms with van der Waals surface area (Å²) >= 11 is 0. The van der Waals surface area contributed by atoms with Crippen LogP contribution in [0.5, 0.6) is 0 Å². The van der Waals surface area contributed by atoms with Crippen LogP contribution in [0.2, 0.25) is 0 Å². The highest BCUT2D eigenvalue weighted by Crippen LogP contribution is 2.09. The minimum absolute atomic E-state index is 0.246. The molecular weight excluding hydrogens is 204 g/mol. The number of aromatic amines is 1. The second-order valence-electron chi connectivity index (χ2n) is 3.33. The average molecular weight is 215 g/mol. The number of carbonyl (C=O) groups is 1. The maximum absolute atomic E-state index is 11.0. The van der Waals surface area contributed by atoms with Crippen LogP contribution >= 0.6 is 0 Å². The Kier molecular flexibility index (Phi) is 2.95. The van der Waals surface area contributed by atoms with E-state index in [4.69, 9.17) is 5.73 Å². The van der Waals surface area contributed by atoms with E-state index in [0.717, 1.165) is 5.56 Å². The zero-order valence-corrected chi connectivity index (χ0v) is 8.55. The van der Waals surface area contributed by atoms with Gasteiger partial charge in [-0.3, -0.25) is 9.89 Å². The first-order chi connectivity index (χ1) is 7.77. The number of hydrogen-bond acceptors (Lipinski definition) is 3. The van der Waals surface area contributed by atoms with Crippen LogP contribution in [-0.2, 0) is 6.42 Å². The largest absolute Gasteiger partial charge is 0.364 e. The summed E-state index contributed by atoms with van der Waals surface area (Å²) in [4.78, 5) is 11.0. The lowest BCUT2D eigenvalue weighted by Gasteiger charge is -1.98. The molecule has 2 aromatic rings. The molecule has 0 atom stereocenters. The molecule has 5 nitrogen and oxygen atoms in total. The molecule has 1 amide bonds. The highest BCUT2D eigenvalue weighted by molar-refractivity contribution is 5.92. The van der Waals surface area contributed by atoms with Gasteiger partial charge < -0.3 is 5.73 Å². The second-order valence-corrected chi connectivity index (χ2v) is 3.33. The molecule has 0 aliphatic rings. The van der Waals surface area contributed by atoms with Crippen molar-refractivity contribution in [3.63, 3.8) is 0 Å². The van der Waals surface area contributed by atoms with Gasteiger partial charge in [0.05, 0.1) is 5.69 Å². The minimum Gasteiger partial charge on any atom is -0.364 e. The first kappa shape index (κ1) is 10.4. The molecule has 1 aromatic carbocycles. The van der Waals surface area contributed by atoms with Gasteiger partial charge in [-0.25, -0.2) is 0 Å². The van der Waals surface area contributed by atoms with E-state index in [1.807, 2.05) is 36.8 Å². The first-order valence-corrected chi connectivity index (χ1v) is 4.85. The van der Waals surface area contributed by atoms with Crippen LogP contribution in [0.3, 0.4) is 0 Å². The van der Waals surface area contributed by atoms with Crippen LogP contribution < -0.4 is 5.73 Å². The molecule has 1 aromatic heterocycles. The van der Waals surface area contributed by atoms with Gasteiger partial charge in [-0.2, -0.15) is 0 Å². The summed E-state index contributed by atoms with van der Waals surface area (Å²) in [5.41, 5.74) is 7.04. The van der Waals surface area contributed by atoms with Crippen molar-refractivity contribution in [2.45, 2.75) is 6.42 Å².